The van der Waals surface area contributed by atoms with Crippen LogP contribution in [-0.4, -0.2) is 18.5 Å². The number of nitrogens with one attached hydrogen (secondary N) is 2. The first-order chi connectivity index (χ1) is 12.1. The number of hydrogen-bond donors (Lipinski definition) is 2. The van der Waals surface area contributed by atoms with Gasteiger partial charge in [-0.1, -0.05) is 35.9 Å². The maximum absolute atomic E-state index is 12.5. The van der Waals surface area contributed by atoms with Gasteiger partial charge in [-0.25, -0.2) is 0 Å². The van der Waals surface area contributed by atoms with Crippen molar-refractivity contribution in [2.24, 2.45) is 5.92 Å². The van der Waals surface area contributed by atoms with Crippen LogP contribution in [0.1, 0.15) is 30.9 Å². The maximum atomic E-state index is 12.5. The minimum absolute atomic E-state index is 0.0770. The molecule has 2 aromatic rings. The molecule has 2 N–H and O–H groups in total. The predicted octanol–water partition coefficient (Wildman–Crippen LogP) is 3.90. The van der Waals surface area contributed by atoms with E-state index in [0.29, 0.717) is 12.6 Å². The van der Waals surface area contributed by atoms with Gasteiger partial charge < -0.3 is 15.4 Å². The van der Waals surface area contributed by atoms with Gasteiger partial charge in [-0.15, -0.1) is 0 Å². The van der Waals surface area contributed by atoms with E-state index >= 15 is 0 Å². The Morgan fingerprint density at radius 2 is 2.08 bits per heavy atom. The number of carbonyl (C=O) groups excluding carboxylic acids is 1. The fourth-order valence-corrected chi connectivity index (χ4v) is 3.25. The molecule has 3 rings (SSSR count). The number of anilines is 1. The molecule has 2 atom stereocenters. The quantitative estimate of drug-likeness (QED) is 0.869. The van der Waals surface area contributed by atoms with Crippen LogP contribution in [0.4, 0.5) is 5.69 Å². The van der Waals surface area contributed by atoms with Crippen LogP contribution in [0, 0.1) is 12.8 Å². The van der Waals surface area contributed by atoms with Crippen molar-refractivity contribution < 1.29 is 9.53 Å². The molecule has 1 amide bonds. The van der Waals surface area contributed by atoms with Crippen LogP contribution < -0.4 is 15.4 Å². The Morgan fingerprint density at radius 3 is 2.88 bits per heavy atom. The first-order valence-electron chi connectivity index (χ1n) is 8.93. The summed E-state index contributed by atoms with van der Waals surface area (Å²) in [5, 5.41) is 6.41. The second-order valence-corrected chi connectivity index (χ2v) is 6.87. The van der Waals surface area contributed by atoms with Crippen LogP contribution >= 0.6 is 0 Å². The fraction of sp³-hybridized carbons (Fsp3) is 0.381. The minimum atomic E-state index is 0.0770. The molecular formula is C21H26N2O2. The highest BCUT2D eigenvalue weighted by molar-refractivity contribution is 5.92. The third kappa shape index (κ3) is 5.07. The topological polar surface area (TPSA) is 50.4 Å². The third-order valence-electron chi connectivity index (χ3n) is 4.58. The van der Waals surface area contributed by atoms with Gasteiger partial charge in [0.25, 0.3) is 0 Å². The Hall–Kier alpha value is -2.33. The van der Waals surface area contributed by atoms with E-state index in [4.69, 9.17) is 4.74 Å². The van der Waals surface area contributed by atoms with Crippen molar-refractivity contribution in [2.45, 2.75) is 39.3 Å². The Labute approximate surface area is 149 Å². The van der Waals surface area contributed by atoms with Crippen molar-refractivity contribution in [2.75, 3.05) is 11.9 Å². The van der Waals surface area contributed by atoms with Crippen molar-refractivity contribution in [3.8, 4) is 5.75 Å². The smallest absolute Gasteiger partial charge is 0.227 e. The van der Waals surface area contributed by atoms with Crippen LogP contribution in [0.5, 0.6) is 5.75 Å². The summed E-state index contributed by atoms with van der Waals surface area (Å²) < 4.78 is 5.87. The van der Waals surface area contributed by atoms with Gasteiger partial charge in [0.2, 0.25) is 5.91 Å². The van der Waals surface area contributed by atoms with Gasteiger partial charge in [0.15, 0.2) is 0 Å². The highest BCUT2D eigenvalue weighted by atomic mass is 16.5. The van der Waals surface area contributed by atoms with E-state index in [1.807, 2.05) is 30.3 Å². The summed E-state index contributed by atoms with van der Waals surface area (Å²) in [6, 6.07) is 16.3. The average Bonchev–Trinajstić information content (AvgIpc) is 2.60. The largest absolute Gasteiger partial charge is 0.489 e. The van der Waals surface area contributed by atoms with E-state index in [1.165, 1.54) is 5.56 Å². The van der Waals surface area contributed by atoms with Crippen LogP contribution in [0.3, 0.4) is 0 Å². The number of aryl methyl sites for hydroxylation is 1. The van der Waals surface area contributed by atoms with Gasteiger partial charge in [-0.3, -0.25) is 4.79 Å². The molecule has 1 fully saturated rings. The van der Waals surface area contributed by atoms with Crippen LogP contribution in [0.15, 0.2) is 48.5 Å². The zero-order chi connectivity index (χ0) is 17.6. The first-order valence-corrected chi connectivity index (χ1v) is 8.93. The summed E-state index contributed by atoms with van der Waals surface area (Å²) >= 11 is 0. The predicted molar refractivity (Wildman–Crippen MR) is 101 cm³/mol. The van der Waals surface area contributed by atoms with Gasteiger partial charge in [0.05, 0.1) is 0 Å². The molecule has 1 aliphatic rings. The molecule has 1 aliphatic heterocycles. The molecule has 0 saturated carbocycles. The summed E-state index contributed by atoms with van der Waals surface area (Å²) in [6.07, 6.45) is 1.77. The molecule has 0 unspecified atom stereocenters. The molecular weight excluding hydrogens is 312 g/mol. The van der Waals surface area contributed by atoms with Gasteiger partial charge in [-0.05, 0) is 50.9 Å². The molecule has 25 heavy (non-hydrogen) atoms. The molecule has 1 heterocycles. The molecule has 0 radical (unpaired) electrons. The minimum Gasteiger partial charge on any atom is -0.489 e. The number of amides is 1. The van der Waals surface area contributed by atoms with Crippen LogP contribution in [0.25, 0.3) is 0 Å². The van der Waals surface area contributed by atoms with Crippen molar-refractivity contribution in [1.82, 2.24) is 5.32 Å². The molecule has 4 heteroatoms. The molecule has 4 nitrogen and oxygen atoms in total. The SMILES string of the molecule is Cc1cccc(COc2cccc(NC(=O)[C@H]3CCN[C@@H](C)C3)c2)c1. The Bertz CT molecular complexity index is 729. The van der Waals surface area contributed by atoms with Crippen molar-refractivity contribution in [3.63, 3.8) is 0 Å². The Morgan fingerprint density at radius 1 is 1.24 bits per heavy atom. The average molecular weight is 338 g/mol. The van der Waals surface area contributed by atoms with E-state index < -0.39 is 0 Å². The maximum Gasteiger partial charge on any atom is 0.227 e. The Balaban J connectivity index is 1.58. The molecule has 0 aromatic heterocycles. The number of benzene rings is 2. The number of piperidine rings is 1. The summed E-state index contributed by atoms with van der Waals surface area (Å²) in [6.45, 7) is 5.62. The van der Waals surface area contributed by atoms with Crippen molar-refractivity contribution in [1.29, 1.82) is 0 Å². The number of ether oxygens (including phenoxy) is 1. The highest BCUT2D eigenvalue weighted by Gasteiger charge is 2.24. The van der Waals surface area contributed by atoms with Gasteiger partial charge in [0.1, 0.15) is 12.4 Å². The third-order valence-corrected chi connectivity index (χ3v) is 4.58. The van der Waals surface area contributed by atoms with Gasteiger partial charge in [0, 0.05) is 23.7 Å². The molecule has 2 aromatic carbocycles. The zero-order valence-electron chi connectivity index (χ0n) is 14.9. The second-order valence-electron chi connectivity index (χ2n) is 6.87. The zero-order valence-corrected chi connectivity index (χ0v) is 14.9. The summed E-state index contributed by atoms with van der Waals surface area (Å²) in [5.74, 6) is 0.940. The van der Waals surface area contributed by atoms with Crippen LogP contribution in [-0.2, 0) is 11.4 Å². The van der Waals surface area contributed by atoms with E-state index in [0.717, 1.165) is 36.4 Å². The lowest BCUT2D eigenvalue weighted by atomic mass is 9.92. The Kier molecular flexibility index (Phi) is 5.71. The summed E-state index contributed by atoms with van der Waals surface area (Å²) in [5.41, 5.74) is 3.15. The highest BCUT2D eigenvalue weighted by Crippen LogP contribution is 2.22. The standard InChI is InChI=1S/C21H26N2O2/c1-15-5-3-6-17(11-15)14-25-20-8-4-7-19(13-20)23-21(24)18-9-10-22-16(2)12-18/h3-8,11,13,16,18,22H,9-10,12,14H2,1-2H3,(H,23,24)/t16-,18-/m0/s1. The number of carbonyl (C=O) groups is 1. The van der Waals surface area contributed by atoms with Crippen molar-refractivity contribution >= 4 is 11.6 Å². The summed E-state index contributed by atoms with van der Waals surface area (Å²) in [7, 11) is 0. The molecule has 132 valence electrons. The monoisotopic (exact) mass is 338 g/mol. The number of rotatable bonds is 5. The molecule has 0 spiro atoms. The van der Waals surface area contributed by atoms with Crippen LogP contribution in [0.2, 0.25) is 0 Å². The fourth-order valence-electron chi connectivity index (χ4n) is 3.25. The molecule has 1 saturated heterocycles. The number of hydrogen-bond acceptors (Lipinski definition) is 3. The normalized spacial score (nSPS) is 20.1. The lowest BCUT2D eigenvalue weighted by molar-refractivity contribution is -0.120. The van der Waals surface area contributed by atoms with Gasteiger partial charge in [-0.2, -0.15) is 0 Å². The second kappa shape index (κ2) is 8.17. The van der Waals surface area contributed by atoms with E-state index in [2.05, 4.69) is 42.7 Å². The van der Waals surface area contributed by atoms with E-state index in [9.17, 15) is 4.79 Å². The molecule has 0 aliphatic carbocycles. The van der Waals surface area contributed by atoms with E-state index in [1.54, 1.807) is 0 Å². The van der Waals surface area contributed by atoms with Crippen molar-refractivity contribution in [3.05, 3.63) is 59.7 Å². The lowest BCUT2D eigenvalue weighted by Crippen LogP contribution is -2.40. The van der Waals surface area contributed by atoms with E-state index in [-0.39, 0.29) is 11.8 Å². The summed E-state index contributed by atoms with van der Waals surface area (Å²) in [4.78, 5) is 12.5. The lowest BCUT2D eigenvalue weighted by Gasteiger charge is -2.27. The molecule has 0 bridgehead atoms. The first kappa shape index (κ1) is 17.5. The van der Waals surface area contributed by atoms with Gasteiger partial charge >= 0.3 is 0 Å².